The van der Waals surface area contributed by atoms with Crippen LogP contribution in [0.3, 0.4) is 0 Å². The zero-order valence-corrected chi connectivity index (χ0v) is 20.3. The Bertz CT molecular complexity index is 1190. The number of rotatable bonds is 4. The van der Waals surface area contributed by atoms with E-state index in [-0.39, 0.29) is 0 Å². The van der Waals surface area contributed by atoms with E-state index in [0.717, 1.165) is 60.5 Å². The van der Waals surface area contributed by atoms with Gasteiger partial charge in [0.1, 0.15) is 5.82 Å². The molecule has 2 fully saturated rings. The predicted octanol–water partition coefficient (Wildman–Crippen LogP) is 3.75. The average molecular weight is 493 g/mol. The molecule has 166 valence electrons. The van der Waals surface area contributed by atoms with Crippen molar-refractivity contribution in [2.45, 2.75) is 26.3 Å². The molecule has 2 aliphatic carbocycles. The number of allylic oxidation sites excluding steroid dienone is 6. The third-order valence-corrected chi connectivity index (χ3v) is 7.90. The number of nitrogens with two attached hydrogens (primary N) is 1. The summed E-state index contributed by atoms with van der Waals surface area (Å²) in [6.45, 7) is 7.18. The van der Waals surface area contributed by atoms with E-state index in [4.69, 9.17) is 17.1 Å². The van der Waals surface area contributed by atoms with Crippen LogP contribution in [-0.4, -0.2) is 57.6 Å². The second-order valence-corrected chi connectivity index (χ2v) is 10.0. The number of aromatic nitrogens is 3. The highest BCUT2D eigenvalue weighted by molar-refractivity contribution is 9.10. The van der Waals surface area contributed by atoms with Gasteiger partial charge in [-0.15, -0.1) is 6.42 Å². The molecule has 0 spiro atoms. The number of anilines is 1. The van der Waals surface area contributed by atoms with Crippen molar-refractivity contribution in [1.82, 2.24) is 24.4 Å². The summed E-state index contributed by atoms with van der Waals surface area (Å²) in [5, 5.41) is 4.61. The maximum atomic E-state index is 6.50. The molecule has 1 aliphatic heterocycles. The van der Waals surface area contributed by atoms with Gasteiger partial charge >= 0.3 is 0 Å². The molecule has 5 rings (SSSR count). The van der Waals surface area contributed by atoms with Gasteiger partial charge in [-0.05, 0) is 77.4 Å². The Kier molecular flexibility index (Phi) is 5.70. The molecule has 1 saturated carbocycles. The minimum atomic E-state index is 0.544. The zero-order chi connectivity index (χ0) is 22.4. The molecule has 0 bridgehead atoms. The van der Waals surface area contributed by atoms with Crippen LogP contribution in [0, 0.1) is 24.2 Å². The van der Waals surface area contributed by atoms with Gasteiger partial charge in [-0.1, -0.05) is 18.1 Å². The molecule has 1 saturated heterocycles. The number of hydrogen-bond donors (Lipinski definition) is 1. The van der Waals surface area contributed by atoms with Gasteiger partial charge in [-0.2, -0.15) is 9.61 Å². The second kappa shape index (κ2) is 8.51. The number of fused-ring (bicyclic) bond motifs is 2. The van der Waals surface area contributed by atoms with Gasteiger partial charge in [-0.3, -0.25) is 4.90 Å². The molecule has 3 heterocycles. The van der Waals surface area contributed by atoms with Gasteiger partial charge in [0.05, 0.1) is 16.4 Å². The van der Waals surface area contributed by atoms with Crippen molar-refractivity contribution in [1.29, 1.82) is 0 Å². The lowest BCUT2D eigenvalue weighted by molar-refractivity contribution is 0.146. The molecular weight excluding hydrogens is 464 g/mol. The van der Waals surface area contributed by atoms with Crippen LogP contribution < -0.4 is 5.73 Å². The summed E-state index contributed by atoms with van der Waals surface area (Å²) < 4.78 is 2.62. The van der Waals surface area contributed by atoms with E-state index in [9.17, 15) is 0 Å². The first-order valence-corrected chi connectivity index (χ1v) is 12.0. The minimum Gasteiger partial charge on any atom is -0.383 e. The van der Waals surface area contributed by atoms with Crippen LogP contribution in [0.5, 0.6) is 0 Å². The Morgan fingerprint density at radius 2 is 2.09 bits per heavy atom. The van der Waals surface area contributed by atoms with E-state index in [1.165, 1.54) is 23.1 Å². The fraction of sp³-hybridized carbons (Fsp3) is 0.440. The molecule has 6 nitrogen and oxygen atoms in total. The number of likely N-dealkylation sites (N-methyl/N-ethyl adjacent to an activating group) is 1. The Hall–Kier alpha value is -2.40. The number of halogens is 1. The lowest BCUT2D eigenvalue weighted by Crippen LogP contribution is -2.44. The summed E-state index contributed by atoms with van der Waals surface area (Å²) in [4.78, 5) is 9.88. The first-order valence-electron chi connectivity index (χ1n) is 11.2. The Morgan fingerprint density at radius 1 is 1.31 bits per heavy atom. The predicted molar refractivity (Wildman–Crippen MR) is 133 cm³/mol. The van der Waals surface area contributed by atoms with E-state index in [1.54, 1.807) is 10.6 Å². The van der Waals surface area contributed by atoms with Crippen LogP contribution in [0.1, 0.15) is 31.0 Å². The Morgan fingerprint density at radius 3 is 2.84 bits per heavy atom. The second-order valence-electron chi connectivity index (χ2n) is 9.25. The number of nitrogens with zero attached hydrogens (tertiary/aromatic N) is 5. The summed E-state index contributed by atoms with van der Waals surface area (Å²) in [7, 11) is 2.17. The fourth-order valence-electron chi connectivity index (χ4n) is 4.93. The first-order chi connectivity index (χ1) is 15.5. The largest absolute Gasteiger partial charge is 0.383 e. The van der Waals surface area contributed by atoms with E-state index in [0.29, 0.717) is 17.7 Å². The number of nitrogen functional groups attached to an aromatic ring is 1. The number of hydrogen-bond acceptors (Lipinski definition) is 5. The molecule has 0 radical (unpaired) electrons. The highest BCUT2D eigenvalue weighted by atomic mass is 79.9. The molecule has 3 aliphatic rings. The highest BCUT2D eigenvalue weighted by Gasteiger charge is 2.42. The standard InChI is InChI=1S/C25H29BrN6/c1-4-5-6-17-12-18-13-19(18)20(11-16(17)2)21-14-28-32-24(27)23(26)22(29-25(21)32)15-31-9-7-30(3)8-10-31/h1,5-6,11,14,18-19H,7-10,12-13,15,27H2,2-3H3. The molecule has 2 N–H and O–H groups in total. The zero-order valence-electron chi connectivity index (χ0n) is 18.7. The molecule has 7 heteroatoms. The van der Waals surface area contributed by atoms with Crippen molar-refractivity contribution < 1.29 is 0 Å². The van der Waals surface area contributed by atoms with Crippen molar-refractivity contribution in [2.75, 3.05) is 39.0 Å². The van der Waals surface area contributed by atoms with Crippen LogP contribution in [0.2, 0.25) is 0 Å². The first kappa shape index (κ1) is 21.4. The SMILES string of the molecule is C#CC=CC1=C(C)C=C(c2cnn3c(N)c(Br)c(CN4CCN(C)CC4)nc23)C2CC2C1. The van der Waals surface area contributed by atoms with Crippen molar-refractivity contribution in [2.24, 2.45) is 11.8 Å². The van der Waals surface area contributed by atoms with Gasteiger partial charge < -0.3 is 10.6 Å². The van der Waals surface area contributed by atoms with Crippen LogP contribution in [-0.2, 0) is 6.54 Å². The van der Waals surface area contributed by atoms with E-state index >= 15 is 0 Å². The number of terminal acetylenes is 1. The van der Waals surface area contributed by atoms with E-state index in [2.05, 4.69) is 62.9 Å². The summed E-state index contributed by atoms with van der Waals surface area (Å²) in [5.41, 5.74) is 13.3. The van der Waals surface area contributed by atoms with Gasteiger partial charge in [0.2, 0.25) is 0 Å². The number of piperazine rings is 1. The van der Waals surface area contributed by atoms with Gasteiger partial charge in [0, 0.05) is 38.3 Å². The lowest BCUT2D eigenvalue weighted by atomic mass is 10.0. The monoisotopic (exact) mass is 492 g/mol. The highest BCUT2D eigenvalue weighted by Crippen LogP contribution is 2.54. The van der Waals surface area contributed by atoms with E-state index < -0.39 is 0 Å². The smallest absolute Gasteiger partial charge is 0.165 e. The maximum Gasteiger partial charge on any atom is 0.165 e. The molecule has 2 unspecified atom stereocenters. The molecule has 0 aromatic carbocycles. The normalized spacial score (nSPS) is 24.5. The van der Waals surface area contributed by atoms with Crippen LogP contribution in [0.25, 0.3) is 11.2 Å². The summed E-state index contributed by atoms with van der Waals surface area (Å²) in [6, 6.07) is 0. The third kappa shape index (κ3) is 3.92. The minimum absolute atomic E-state index is 0.544. The van der Waals surface area contributed by atoms with Crippen molar-refractivity contribution in [3.63, 3.8) is 0 Å². The van der Waals surface area contributed by atoms with Crippen LogP contribution in [0.4, 0.5) is 5.82 Å². The fourth-order valence-corrected chi connectivity index (χ4v) is 5.31. The van der Waals surface area contributed by atoms with Crippen molar-refractivity contribution >= 4 is 33.0 Å². The van der Waals surface area contributed by atoms with Gasteiger partial charge in [0.15, 0.2) is 5.65 Å². The maximum absolute atomic E-state index is 6.50. The van der Waals surface area contributed by atoms with Crippen molar-refractivity contribution in [3.05, 3.63) is 51.3 Å². The quantitative estimate of drug-likeness (QED) is 0.658. The van der Waals surface area contributed by atoms with E-state index in [1.807, 2.05) is 6.20 Å². The van der Waals surface area contributed by atoms with Gasteiger partial charge in [-0.25, -0.2) is 4.98 Å². The van der Waals surface area contributed by atoms with Crippen LogP contribution in [0.15, 0.2) is 40.0 Å². The lowest BCUT2D eigenvalue weighted by Gasteiger charge is -2.32. The molecule has 2 aromatic heterocycles. The molecular formula is C25H29BrN6. The average Bonchev–Trinajstić information content (AvgIpc) is 3.44. The third-order valence-electron chi connectivity index (χ3n) is 7.03. The summed E-state index contributed by atoms with van der Waals surface area (Å²) in [6.07, 6.45) is 15.8. The van der Waals surface area contributed by atoms with Crippen molar-refractivity contribution in [3.8, 4) is 12.3 Å². The van der Waals surface area contributed by atoms with Gasteiger partial charge in [0.25, 0.3) is 0 Å². The Balaban J connectivity index is 1.54. The summed E-state index contributed by atoms with van der Waals surface area (Å²) >= 11 is 3.69. The topological polar surface area (TPSA) is 62.7 Å². The van der Waals surface area contributed by atoms with Crippen LogP contribution >= 0.6 is 15.9 Å². The molecule has 2 aromatic rings. The molecule has 2 atom stereocenters. The molecule has 32 heavy (non-hydrogen) atoms. The summed E-state index contributed by atoms with van der Waals surface area (Å²) in [5.74, 6) is 4.43. The molecule has 0 amide bonds. The Labute approximate surface area is 198 Å².